The van der Waals surface area contributed by atoms with Crippen molar-refractivity contribution in [1.82, 2.24) is 14.7 Å². The number of benzene rings is 1. The van der Waals surface area contributed by atoms with Gasteiger partial charge in [-0.3, -0.25) is 0 Å². The van der Waals surface area contributed by atoms with Crippen LogP contribution in [0.25, 0.3) is 0 Å². The van der Waals surface area contributed by atoms with Crippen molar-refractivity contribution in [1.29, 1.82) is 0 Å². The third-order valence-electron chi connectivity index (χ3n) is 2.81. The van der Waals surface area contributed by atoms with Gasteiger partial charge >= 0.3 is 0 Å². The number of halogens is 1. The fraction of sp³-hybridized carbons (Fsp3) is 0.231. The largest absolute Gasteiger partial charge is 0.242 e. The molecule has 0 saturated heterocycles. The molecule has 0 bridgehead atoms. The number of rotatable bonds is 4. The maximum atomic E-state index is 12.3. The standard InChI is InChI=1S/C13H14ClN3O2S/c1-9-6-11(16-8-15-9)7-17-20(18,19)13-5-3-4-12(14)10(13)2/h3-6,8,17H,7H2,1-2H3. The number of nitrogens with one attached hydrogen (secondary N) is 1. The Labute approximate surface area is 123 Å². The van der Waals surface area contributed by atoms with Crippen molar-refractivity contribution in [2.45, 2.75) is 25.3 Å². The highest BCUT2D eigenvalue weighted by Gasteiger charge is 2.17. The van der Waals surface area contributed by atoms with Crippen molar-refractivity contribution in [3.63, 3.8) is 0 Å². The summed E-state index contributed by atoms with van der Waals surface area (Å²) in [6, 6.07) is 6.52. The number of sulfonamides is 1. The maximum absolute atomic E-state index is 12.3. The minimum absolute atomic E-state index is 0.109. The van der Waals surface area contributed by atoms with E-state index in [-0.39, 0.29) is 11.4 Å². The first-order valence-electron chi connectivity index (χ1n) is 5.92. The van der Waals surface area contributed by atoms with Gasteiger partial charge in [-0.25, -0.2) is 23.1 Å². The molecule has 0 aliphatic heterocycles. The molecule has 0 saturated carbocycles. The molecular formula is C13H14ClN3O2S. The molecule has 1 aromatic heterocycles. The Morgan fingerprint density at radius 2 is 2.00 bits per heavy atom. The predicted molar refractivity (Wildman–Crippen MR) is 77.0 cm³/mol. The lowest BCUT2D eigenvalue weighted by Crippen LogP contribution is -2.24. The van der Waals surface area contributed by atoms with Crippen LogP contribution in [0.15, 0.2) is 35.5 Å². The van der Waals surface area contributed by atoms with E-state index in [4.69, 9.17) is 11.6 Å². The van der Waals surface area contributed by atoms with E-state index in [2.05, 4.69) is 14.7 Å². The summed E-state index contributed by atoms with van der Waals surface area (Å²) >= 11 is 5.94. The molecule has 2 rings (SSSR count). The van der Waals surface area contributed by atoms with Crippen LogP contribution in [0.2, 0.25) is 5.02 Å². The van der Waals surface area contributed by atoms with Crippen LogP contribution in [0, 0.1) is 13.8 Å². The molecule has 0 atom stereocenters. The summed E-state index contributed by atoms with van der Waals surface area (Å²) in [5.41, 5.74) is 1.93. The molecule has 0 amide bonds. The highest BCUT2D eigenvalue weighted by molar-refractivity contribution is 7.89. The van der Waals surface area contributed by atoms with Gasteiger partial charge in [0.1, 0.15) is 6.33 Å². The second-order valence-corrected chi connectivity index (χ2v) is 6.48. The van der Waals surface area contributed by atoms with E-state index in [0.717, 1.165) is 5.69 Å². The SMILES string of the molecule is Cc1cc(CNS(=O)(=O)c2cccc(Cl)c2C)ncn1. The fourth-order valence-electron chi connectivity index (χ4n) is 1.73. The minimum Gasteiger partial charge on any atom is -0.242 e. The van der Waals surface area contributed by atoms with Crippen LogP contribution in [0.3, 0.4) is 0 Å². The highest BCUT2D eigenvalue weighted by Crippen LogP contribution is 2.22. The van der Waals surface area contributed by atoms with Gasteiger partial charge in [0.25, 0.3) is 0 Å². The zero-order valence-corrected chi connectivity index (χ0v) is 12.7. The zero-order valence-electron chi connectivity index (χ0n) is 11.1. The number of aromatic nitrogens is 2. The molecule has 0 fully saturated rings. The van der Waals surface area contributed by atoms with Crippen LogP contribution in [-0.2, 0) is 16.6 Å². The summed E-state index contributed by atoms with van der Waals surface area (Å²) < 4.78 is 27.0. The normalized spacial score (nSPS) is 11.6. The lowest BCUT2D eigenvalue weighted by molar-refractivity contribution is 0.579. The van der Waals surface area contributed by atoms with Gasteiger partial charge in [-0.2, -0.15) is 0 Å². The average Bonchev–Trinajstić information content (AvgIpc) is 2.40. The number of hydrogen-bond acceptors (Lipinski definition) is 4. The molecule has 106 valence electrons. The molecule has 5 nitrogen and oxygen atoms in total. The number of nitrogens with zero attached hydrogens (tertiary/aromatic N) is 2. The molecule has 1 heterocycles. The molecule has 0 aliphatic rings. The second kappa shape index (κ2) is 5.87. The van der Waals surface area contributed by atoms with E-state index in [0.29, 0.717) is 16.3 Å². The van der Waals surface area contributed by atoms with Gasteiger partial charge in [0, 0.05) is 10.7 Å². The van der Waals surface area contributed by atoms with E-state index >= 15 is 0 Å². The Hall–Kier alpha value is -1.50. The average molecular weight is 312 g/mol. The Morgan fingerprint density at radius 3 is 2.70 bits per heavy atom. The topological polar surface area (TPSA) is 72.0 Å². The number of aryl methyl sites for hydroxylation is 1. The van der Waals surface area contributed by atoms with Crippen molar-refractivity contribution < 1.29 is 8.42 Å². The van der Waals surface area contributed by atoms with E-state index in [9.17, 15) is 8.42 Å². The third-order valence-corrected chi connectivity index (χ3v) is 4.77. The Morgan fingerprint density at radius 1 is 1.25 bits per heavy atom. The van der Waals surface area contributed by atoms with Crippen LogP contribution >= 0.6 is 11.6 Å². The maximum Gasteiger partial charge on any atom is 0.241 e. The van der Waals surface area contributed by atoms with Crippen molar-refractivity contribution in [3.05, 3.63) is 52.6 Å². The van der Waals surface area contributed by atoms with Crippen LogP contribution in [0.1, 0.15) is 17.0 Å². The van der Waals surface area contributed by atoms with Crippen molar-refractivity contribution >= 4 is 21.6 Å². The summed E-state index contributed by atoms with van der Waals surface area (Å²) in [5.74, 6) is 0. The van der Waals surface area contributed by atoms with Gasteiger partial charge in [-0.15, -0.1) is 0 Å². The smallest absolute Gasteiger partial charge is 0.241 e. The van der Waals surface area contributed by atoms with Crippen molar-refractivity contribution in [2.24, 2.45) is 0 Å². The highest BCUT2D eigenvalue weighted by atomic mass is 35.5. The van der Waals surface area contributed by atoms with Crippen LogP contribution < -0.4 is 4.72 Å². The summed E-state index contributed by atoms with van der Waals surface area (Å²) in [4.78, 5) is 8.15. The first kappa shape index (κ1) is 14.9. The van der Waals surface area contributed by atoms with E-state index in [1.54, 1.807) is 25.1 Å². The molecule has 7 heteroatoms. The van der Waals surface area contributed by atoms with E-state index in [1.807, 2.05) is 6.92 Å². The molecule has 20 heavy (non-hydrogen) atoms. The van der Waals surface area contributed by atoms with Gasteiger partial charge in [-0.1, -0.05) is 17.7 Å². The summed E-state index contributed by atoms with van der Waals surface area (Å²) in [6.45, 7) is 3.60. The van der Waals surface area contributed by atoms with Gasteiger partial charge < -0.3 is 0 Å². The van der Waals surface area contributed by atoms with E-state index in [1.165, 1.54) is 12.4 Å². The molecule has 2 aromatic rings. The van der Waals surface area contributed by atoms with Gasteiger partial charge in [0.15, 0.2) is 0 Å². The molecular weight excluding hydrogens is 298 g/mol. The Balaban J connectivity index is 2.22. The van der Waals surface area contributed by atoms with Crippen molar-refractivity contribution in [3.8, 4) is 0 Å². The van der Waals surface area contributed by atoms with Gasteiger partial charge in [0.05, 0.1) is 17.1 Å². The minimum atomic E-state index is -3.62. The summed E-state index contributed by atoms with van der Waals surface area (Å²) in [5, 5.41) is 0.422. The first-order chi connectivity index (χ1) is 9.40. The van der Waals surface area contributed by atoms with Crippen LogP contribution in [0.5, 0.6) is 0 Å². The zero-order chi connectivity index (χ0) is 14.8. The van der Waals surface area contributed by atoms with E-state index < -0.39 is 10.0 Å². The lowest BCUT2D eigenvalue weighted by Gasteiger charge is -2.10. The summed E-state index contributed by atoms with van der Waals surface area (Å²) in [7, 11) is -3.62. The fourth-order valence-corrected chi connectivity index (χ4v) is 3.23. The van der Waals surface area contributed by atoms with Crippen LogP contribution in [-0.4, -0.2) is 18.4 Å². The monoisotopic (exact) mass is 311 g/mol. The number of hydrogen-bond donors (Lipinski definition) is 1. The van der Waals surface area contributed by atoms with Gasteiger partial charge in [-0.05, 0) is 37.6 Å². The van der Waals surface area contributed by atoms with Crippen LogP contribution in [0.4, 0.5) is 0 Å². The molecule has 0 unspecified atom stereocenters. The molecule has 0 aliphatic carbocycles. The lowest BCUT2D eigenvalue weighted by atomic mass is 10.2. The van der Waals surface area contributed by atoms with Crippen molar-refractivity contribution in [2.75, 3.05) is 0 Å². The second-order valence-electron chi connectivity index (χ2n) is 4.34. The third kappa shape index (κ3) is 3.33. The molecule has 1 N–H and O–H groups in total. The Kier molecular flexibility index (Phi) is 4.37. The summed E-state index contributed by atoms with van der Waals surface area (Å²) in [6.07, 6.45) is 1.41. The molecule has 0 spiro atoms. The molecule has 0 radical (unpaired) electrons. The first-order valence-corrected chi connectivity index (χ1v) is 7.78. The van der Waals surface area contributed by atoms with Gasteiger partial charge in [0.2, 0.25) is 10.0 Å². The predicted octanol–water partition coefficient (Wildman–Crippen LogP) is 2.23. The Bertz CT molecular complexity index is 732. The molecule has 1 aromatic carbocycles. The quantitative estimate of drug-likeness (QED) is 0.940.